The molecule has 6 heteroatoms. The fraction of sp³-hybridized carbons (Fsp3) is 0.500. The van der Waals surface area contributed by atoms with Crippen molar-refractivity contribution >= 4 is 10.0 Å². The van der Waals surface area contributed by atoms with Gasteiger partial charge in [0.15, 0.2) is 0 Å². The van der Waals surface area contributed by atoms with Gasteiger partial charge in [0.05, 0.1) is 5.75 Å². The van der Waals surface area contributed by atoms with Crippen LogP contribution < -0.4 is 5.73 Å². The van der Waals surface area contributed by atoms with Gasteiger partial charge >= 0.3 is 0 Å². The molecule has 2 rings (SSSR count). The van der Waals surface area contributed by atoms with E-state index in [-0.39, 0.29) is 17.6 Å². The van der Waals surface area contributed by atoms with Crippen LogP contribution in [0.2, 0.25) is 0 Å². The molecule has 0 radical (unpaired) electrons. The molecule has 0 aliphatic carbocycles. The molecule has 1 unspecified atom stereocenters. The third-order valence-corrected chi connectivity index (χ3v) is 5.11. The Bertz CT molecular complexity index is 501. The highest BCUT2D eigenvalue weighted by Gasteiger charge is 2.33. The lowest BCUT2D eigenvalue weighted by Crippen LogP contribution is -2.40. The van der Waals surface area contributed by atoms with E-state index in [2.05, 4.69) is 0 Å². The minimum Gasteiger partial charge on any atom is -0.329 e. The molecule has 1 atom stereocenters. The summed E-state index contributed by atoms with van der Waals surface area (Å²) in [5.74, 6) is -0.457. The van der Waals surface area contributed by atoms with Crippen molar-refractivity contribution in [2.24, 2.45) is 5.73 Å². The van der Waals surface area contributed by atoms with E-state index in [1.165, 1.54) is 28.6 Å². The summed E-state index contributed by atoms with van der Waals surface area (Å²) in [5.41, 5.74) is 6.17. The molecule has 100 valence electrons. The molecular formula is C12H17FN2O2S. The predicted molar refractivity (Wildman–Crippen MR) is 67.8 cm³/mol. The minimum atomic E-state index is -3.36. The maximum absolute atomic E-state index is 12.8. The van der Waals surface area contributed by atoms with Crippen molar-refractivity contribution in [1.29, 1.82) is 0 Å². The Morgan fingerprint density at radius 2 is 2.00 bits per heavy atom. The predicted octanol–water partition coefficient (Wildman–Crippen LogP) is 1.08. The molecule has 18 heavy (non-hydrogen) atoms. The van der Waals surface area contributed by atoms with E-state index < -0.39 is 10.0 Å². The van der Waals surface area contributed by atoms with Gasteiger partial charge in [0.1, 0.15) is 5.82 Å². The van der Waals surface area contributed by atoms with Crippen LogP contribution in [0, 0.1) is 5.82 Å². The third kappa shape index (κ3) is 2.88. The number of hydrogen-bond donors (Lipinski definition) is 1. The normalized spacial score (nSPS) is 21.3. The molecular weight excluding hydrogens is 255 g/mol. The smallest absolute Gasteiger partial charge is 0.218 e. The summed E-state index contributed by atoms with van der Waals surface area (Å²) in [6.45, 7) is 0.883. The molecule has 0 aromatic heterocycles. The Hall–Kier alpha value is -0.980. The first-order valence-corrected chi connectivity index (χ1v) is 7.58. The van der Waals surface area contributed by atoms with Crippen molar-refractivity contribution in [3.63, 3.8) is 0 Å². The van der Waals surface area contributed by atoms with Gasteiger partial charge in [0.25, 0.3) is 0 Å². The first-order chi connectivity index (χ1) is 8.53. The van der Waals surface area contributed by atoms with Gasteiger partial charge < -0.3 is 5.73 Å². The molecule has 4 nitrogen and oxygen atoms in total. The second-order valence-electron chi connectivity index (χ2n) is 4.53. The van der Waals surface area contributed by atoms with Crippen molar-refractivity contribution in [3.8, 4) is 0 Å². The zero-order chi connectivity index (χ0) is 13.2. The summed E-state index contributed by atoms with van der Waals surface area (Å²) >= 11 is 0. The highest BCUT2D eigenvalue weighted by Crippen LogP contribution is 2.22. The average Bonchev–Trinajstić information content (AvgIpc) is 2.81. The number of hydrogen-bond acceptors (Lipinski definition) is 3. The topological polar surface area (TPSA) is 63.4 Å². The quantitative estimate of drug-likeness (QED) is 0.892. The monoisotopic (exact) mass is 272 g/mol. The van der Waals surface area contributed by atoms with Crippen LogP contribution in [0.3, 0.4) is 0 Å². The first kappa shape index (κ1) is 13.5. The summed E-state index contributed by atoms with van der Waals surface area (Å²) in [4.78, 5) is 0. The summed E-state index contributed by atoms with van der Waals surface area (Å²) in [5, 5.41) is 0. The summed E-state index contributed by atoms with van der Waals surface area (Å²) in [7, 11) is -3.36. The van der Waals surface area contributed by atoms with Crippen LogP contribution in [-0.4, -0.2) is 31.9 Å². The Labute approximate surface area is 107 Å². The van der Waals surface area contributed by atoms with Crippen LogP contribution in [0.1, 0.15) is 18.4 Å². The molecule has 0 spiro atoms. The van der Waals surface area contributed by atoms with Gasteiger partial charge in [-0.15, -0.1) is 0 Å². The zero-order valence-corrected chi connectivity index (χ0v) is 10.9. The van der Waals surface area contributed by atoms with E-state index in [1.54, 1.807) is 0 Å². The first-order valence-electron chi connectivity index (χ1n) is 5.97. The highest BCUT2D eigenvalue weighted by molar-refractivity contribution is 7.88. The van der Waals surface area contributed by atoms with Crippen LogP contribution >= 0.6 is 0 Å². The van der Waals surface area contributed by atoms with E-state index in [9.17, 15) is 12.8 Å². The van der Waals surface area contributed by atoms with Crippen molar-refractivity contribution in [3.05, 3.63) is 35.6 Å². The fourth-order valence-electron chi connectivity index (χ4n) is 2.29. The molecule has 1 aromatic carbocycles. The lowest BCUT2D eigenvalue weighted by molar-refractivity contribution is 0.392. The molecule has 1 saturated heterocycles. The summed E-state index contributed by atoms with van der Waals surface area (Å²) in [6.07, 6.45) is 1.67. The highest BCUT2D eigenvalue weighted by atomic mass is 32.2. The maximum Gasteiger partial charge on any atom is 0.218 e. The van der Waals surface area contributed by atoms with E-state index >= 15 is 0 Å². The van der Waals surface area contributed by atoms with Crippen molar-refractivity contribution in [1.82, 2.24) is 4.31 Å². The van der Waals surface area contributed by atoms with Crippen LogP contribution in [0.5, 0.6) is 0 Å². The van der Waals surface area contributed by atoms with Gasteiger partial charge in [-0.1, -0.05) is 12.1 Å². The largest absolute Gasteiger partial charge is 0.329 e. The van der Waals surface area contributed by atoms with E-state index in [1.807, 2.05) is 0 Å². The molecule has 0 bridgehead atoms. The van der Waals surface area contributed by atoms with Gasteiger partial charge in [0.2, 0.25) is 10.0 Å². The summed E-state index contributed by atoms with van der Waals surface area (Å²) < 4.78 is 38.7. The van der Waals surface area contributed by atoms with Crippen LogP contribution in [-0.2, 0) is 15.8 Å². The molecule has 0 amide bonds. The van der Waals surface area contributed by atoms with Gasteiger partial charge in [-0.3, -0.25) is 0 Å². The Morgan fingerprint density at radius 1 is 1.33 bits per heavy atom. The number of rotatable bonds is 4. The van der Waals surface area contributed by atoms with E-state index in [0.717, 1.165) is 12.8 Å². The Balaban J connectivity index is 2.14. The lowest BCUT2D eigenvalue weighted by Gasteiger charge is -2.22. The second-order valence-corrected chi connectivity index (χ2v) is 6.45. The zero-order valence-electron chi connectivity index (χ0n) is 10.0. The summed E-state index contributed by atoms with van der Waals surface area (Å²) in [6, 6.07) is 5.46. The Kier molecular flexibility index (Phi) is 3.99. The number of benzene rings is 1. The maximum atomic E-state index is 12.8. The average molecular weight is 272 g/mol. The van der Waals surface area contributed by atoms with Crippen LogP contribution in [0.25, 0.3) is 0 Å². The van der Waals surface area contributed by atoms with E-state index in [0.29, 0.717) is 18.7 Å². The third-order valence-electron chi connectivity index (χ3n) is 3.21. The van der Waals surface area contributed by atoms with E-state index in [4.69, 9.17) is 5.73 Å². The number of sulfonamides is 1. The Morgan fingerprint density at radius 3 is 2.61 bits per heavy atom. The number of nitrogens with zero attached hydrogens (tertiary/aromatic N) is 1. The SMILES string of the molecule is NCC1CCCN1S(=O)(=O)Cc1ccc(F)cc1. The standard InChI is InChI=1S/C12H17FN2O2S/c13-11-5-3-10(4-6-11)9-18(16,17)15-7-1-2-12(15)8-14/h3-6,12H,1-2,7-9,14H2. The molecule has 1 heterocycles. The van der Waals surface area contributed by atoms with Gasteiger partial charge in [-0.25, -0.2) is 12.8 Å². The van der Waals surface area contributed by atoms with Gasteiger partial charge in [-0.05, 0) is 30.5 Å². The minimum absolute atomic E-state index is 0.0875. The van der Waals surface area contributed by atoms with Crippen molar-refractivity contribution in [2.75, 3.05) is 13.1 Å². The number of halogens is 1. The van der Waals surface area contributed by atoms with Crippen LogP contribution in [0.4, 0.5) is 4.39 Å². The van der Waals surface area contributed by atoms with Crippen molar-refractivity contribution in [2.45, 2.75) is 24.6 Å². The fourth-order valence-corrected chi connectivity index (χ4v) is 4.12. The molecule has 1 fully saturated rings. The van der Waals surface area contributed by atoms with Crippen LogP contribution in [0.15, 0.2) is 24.3 Å². The lowest BCUT2D eigenvalue weighted by atomic mass is 10.2. The molecule has 1 aliphatic heterocycles. The molecule has 1 aliphatic rings. The number of nitrogens with two attached hydrogens (primary N) is 1. The van der Waals surface area contributed by atoms with Crippen molar-refractivity contribution < 1.29 is 12.8 Å². The second kappa shape index (κ2) is 5.34. The molecule has 0 saturated carbocycles. The van der Waals surface area contributed by atoms with Gasteiger partial charge in [-0.2, -0.15) is 4.31 Å². The molecule has 1 aromatic rings. The van der Waals surface area contributed by atoms with Gasteiger partial charge in [0, 0.05) is 19.1 Å². The molecule has 2 N–H and O–H groups in total.